The highest BCUT2D eigenvalue weighted by Gasteiger charge is 2.12. The third-order valence-electron chi connectivity index (χ3n) is 2.67. The van der Waals surface area contributed by atoms with Crippen LogP contribution in [0.15, 0.2) is 51.9 Å². The van der Waals surface area contributed by atoms with E-state index in [2.05, 4.69) is 26.2 Å². The number of rotatable bonds is 2. The number of halogens is 1. The van der Waals surface area contributed by atoms with Crippen molar-refractivity contribution in [1.82, 2.24) is 4.98 Å². The van der Waals surface area contributed by atoms with Crippen molar-refractivity contribution in [3.8, 4) is 0 Å². The highest BCUT2D eigenvalue weighted by molar-refractivity contribution is 9.10. The first-order valence-corrected chi connectivity index (χ1v) is 6.15. The van der Waals surface area contributed by atoms with Crippen molar-refractivity contribution >= 4 is 38.4 Å². The number of furan rings is 1. The number of hydrogen-bond donors (Lipinski definition) is 2. The molecule has 4 nitrogen and oxygen atoms in total. The first kappa shape index (κ1) is 11.1. The number of hydrogen-bond acceptors (Lipinski definition) is 2. The van der Waals surface area contributed by atoms with Gasteiger partial charge in [-0.05, 0) is 46.3 Å². The van der Waals surface area contributed by atoms with Crippen LogP contribution in [0.3, 0.4) is 0 Å². The van der Waals surface area contributed by atoms with Crippen molar-refractivity contribution < 1.29 is 9.21 Å². The van der Waals surface area contributed by atoms with Crippen molar-refractivity contribution in [2.75, 3.05) is 5.32 Å². The van der Waals surface area contributed by atoms with Gasteiger partial charge in [-0.15, -0.1) is 0 Å². The molecule has 0 spiro atoms. The van der Waals surface area contributed by atoms with Gasteiger partial charge in [0.05, 0.1) is 11.8 Å². The number of benzene rings is 1. The normalized spacial score (nSPS) is 10.7. The molecule has 0 radical (unpaired) electrons. The number of H-pyrrole nitrogens is 1. The maximum Gasteiger partial charge on any atom is 0.260 e. The topological polar surface area (TPSA) is 58.0 Å². The molecule has 1 aromatic carbocycles. The summed E-state index contributed by atoms with van der Waals surface area (Å²) in [4.78, 5) is 15.1. The first-order valence-electron chi connectivity index (χ1n) is 5.35. The van der Waals surface area contributed by atoms with E-state index in [9.17, 15) is 4.79 Å². The van der Waals surface area contributed by atoms with Gasteiger partial charge in [0.1, 0.15) is 0 Å². The Morgan fingerprint density at radius 2 is 2.17 bits per heavy atom. The third-order valence-corrected chi connectivity index (χ3v) is 3.29. The van der Waals surface area contributed by atoms with E-state index in [1.807, 2.05) is 30.5 Å². The molecular formula is C13H9BrN2O2. The van der Waals surface area contributed by atoms with Gasteiger partial charge in [-0.1, -0.05) is 0 Å². The molecule has 2 heterocycles. The number of carbonyl (C=O) groups excluding carboxylic acids is 1. The summed E-state index contributed by atoms with van der Waals surface area (Å²) in [6.07, 6.45) is 3.33. The second-order valence-electron chi connectivity index (χ2n) is 3.84. The minimum atomic E-state index is -0.203. The van der Waals surface area contributed by atoms with Crippen LogP contribution in [0, 0.1) is 0 Å². The number of nitrogens with one attached hydrogen (secondary N) is 2. The van der Waals surface area contributed by atoms with Crippen LogP contribution in [0.1, 0.15) is 10.4 Å². The fourth-order valence-corrected chi connectivity index (χ4v) is 2.21. The van der Waals surface area contributed by atoms with Gasteiger partial charge in [-0.25, -0.2) is 0 Å². The molecule has 0 saturated heterocycles. The molecule has 0 aliphatic heterocycles. The summed E-state index contributed by atoms with van der Waals surface area (Å²) in [6, 6.07) is 9.27. The van der Waals surface area contributed by atoms with E-state index >= 15 is 0 Å². The summed E-state index contributed by atoms with van der Waals surface area (Å²) in [6.45, 7) is 0. The van der Waals surface area contributed by atoms with E-state index in [-0.39, 0.29) is 5.91 Å². The van der Waals surface area contributed by atoms with Crippen LogP contribution in [-0.2, 0) is 0 Å². The lowest BCUT2D eigenvalue weighted by Crippen LogP contribution is -2.11. The predicted octanol–water partition coefficient (Wildman–Crippen LogP) is 3.78. The van der Waals surface area contributed by atoms with E-state index in [4.69, 9.17) is 4.42 Å². The van der Waals surface area contributed by atoms with Crippen LogP contribution in [0.4, 0.5) is 5.69 Å². The Morgan fingerprint density at radius 3 is 2.94 bits per heavy atom. The lowest BCUT2D eigenvalue weighted by atomic mass is 10.2. The molecule has 0 fully saturated rings. The molecule has 0 unspecified atom stereocenters. The maximum absolute atomic E-state index is 12.0. The molecule has 3 aromatic rings. The Labute approximate surface area is 111 Å². The van der Waals surface area contributed by atoms with Gasteiger partial charge in [-0.2, -0.15) is 0 Å². The highest BCUT2D eigenvalue weighted by Crippen LogP contribution is 2.21. The second kappa shape index (κ2) is 4.34. The number of fused-ring (bicyclic) bond motifs is 1. The standard InChI is InChI=1S/C13H9BrN2O2/c14-12-10(4-6-18-12)13(17)16-9-1-2-11-8(7-9)3-5-15-11/h1-7,15H,(H,16,17). The minimum Gasteiger partial charge on any atom is -0.457 e. The molecule has 0 atom stereocenters. The van der Waals surface area contributed by atoms with Gasteiger partial charge in [-0.3, -0.25) is 4.79 Å². The summed E-state index contributed by atoms with van der Waals surface area (Å²) in [5.74, 6) is -0.203. The van der Waals surface area contributed by atoms with Crippen LogP contribution < -0.4 is 5.32 Å². The summed E-state index contributed by atoms with van der Waals surface area (Å²) in [5, 5.41) is 3.88. The summed E-state index contributed by atoms with van der Waals surface area (Å²) >= 11 is 3.18. The molecule has 18 heavy (non-hydrogen) atoms. The molecule has 5 heteroatoms. The zero-order valence-corrected chi connectivity index (χ0v) is 10.8. The number of amides is 1. The van der Waals surface area contributed by atoms with Crippen LogP contribution in [-0.4, -0.2) is 10.9 Å². The lowest BCUT2D eigenvalue weighted by molar-refractivity contribution is 0.102. The Bertz CT molecular complexity index is 714. The number of carbonyl (C=O) groups is 1. The van der Waals surface area contributed by atoms with E-state index in [1.165, 1.54) is 6.26 Å². The molecule has 2 aromatic heterocycles. The quantitative estimate of drug-likeness (QED) is 0.757. The molecule has 3 rings (SSSR count). The molecule has 0 aliphatic rings. The Morgan fingerprint density at radius 1 is 1.28 bits per heavy atom. The number of aromatic nitrogens is 1. The second-order valence-corrected chi connectivity index (χ2v) is 4.56. The van der Waals surface area contributed by atoms with Crippen molar-refractivity contribution in [2.24, 2.45) is 0 Å². The van der Waals surface area contributed by atoms with E-state index in [0.717, 1.165) is 16.6 Å². The van der Waals surface area contributed by atoms with Gasteiger partial charge >= 0.3 is 0 Å². The predicted molar refractivity (Wildman–Crippen MR) is 72.7 cm³/mol. The average molecular weight is 305 g/mol. The fourth-order valence-electron chi connectivity index (χ4n) is 1.79. The average Bonchev–Trinajstić information content (AvgIpc) is 2.96. The van der Waals surface area contributed by atoms with Gasteiger partial charge in [0.25, 0.3) is 5.91 Å². The Hall–Kier alpha value is -2.01. The number of anilines is 1. The maximum atomic E-state index is 12.0. The van der Waals surface area contributed by atoms with Gasteiger partial charge < -0.3 is 14.7 Å². The summed E-state index contributed by atoms with van der Waals surface area (Å²) in [7, 11) is 0. The zero-order valence-electron chi connectivity index (χ0n) is 9.24. The molecule has 0 aliphatic carbocycles. The van der Waals surface area contributed by atoms with Gasteiger partial charge in [0.15, 0.2) is 4.67 Å². The van der Waals surface area contributed by atoms with E-state index in [1.54, 1.807) is 6.07 Å². The fraction of sp³-hybridized carbons (Fsp3) is 0. The summed E-state index contributed by atoms with van der Waals surface area (Å²) < 4.78 is 5.47. The number of aromatic amines is 1. The molecular weight excluding hydrogens is 296 g/mol. The Kier molecular flexibility index (Phi) is 2.68. The van der Waals surface area contributed by atoms with Crippen molar-refractivity contribution in [3.05, 3.63) is 53.0 Å². The van der Waals surface area contributed by atoms with Crippen molar-refractivity contribution in [1.29, 1.82) is 0 Å². The van der Waals surface area contributed by atoms with Crippen molar-refractivity contribution in [2.45, 2.75) is 0 Å². The molecule has 0 bridgehead atoms. The first-order chi connectivity index (χ1) is 8.74. The van der Waals surface area contributed by atoms with Crippen LogP contribution in [0.25, 0.3) is 10.9 Å². The SMILES string of the molecule is O=C(Nc1ccc2[nH]ccc2c1)c1ccoc1Br. The van der Waals surface area contributed by atoms with Crippen LogP contribution >= 0.6 is 15.9 Å². The molecule has 90 valence electrons. The molecule has 2 N–H and O–H groups in total. The minimum absolute atomic E-state index is 0.203. The Balaban J connectivity index is 1.88. The van der Waals surface area contributed by atoms with Crippen molar-refractivity contribution in [3.63, 3.8) is 0 Å². The lowest BCUT2D eigenvalue weighted by Gasteiger charge is -2.04. The summed E-state index contributed by atoms with van der Waals surface area (Å²) in [5.41, 5.74) is 2.27. The van der Waals surface area contributed by atoms with Gasteiger partial charge in [0.2, 0.25) is 0 Å². The van der Waals surface area contributed by atoms with E-state index in [0.29, 0.717) is 10.2 Å². The van der Waals surface area contributed by atoms with Crippen LogP contribution in [0.5, 0.6) is 0 Å². The largest absolute Gasteiger partial charge is 0.457 e. The van der Waals surface area contributed by atoms with Gasteiger partial charge in [0, 0.05) is 22.8 Å². The monoisotopic (exact) mass is 304 g/mol. The molecule has 1 amide bonds. The molecule has 0 saturated carbocycles. The zero-order chi connectivity index (χ0) is 12.5. The van der Waals surface area contributed by atoms with Crippen LogP contribution in [0.2, 0.25) is 0 Å². The van der Waals surface area contributed by atoms with E-state index < -0.39 is 0 Å². The smallest absolute Gasteiger partial charge is 0.260 e. The third kappa shape index (κ3) is 1.93. The highest BCUT2D eigenvalue weighted by atomic mass is 79.9.